The number of nitrogen functional groups attached to an aromatic ring is 1. The third-order valence-corrected chi connectivity index (χ3v) is 2.99. The molecule has 0 amide bonds. The van der Waals surface area contributed by atoms with Gasteiger partial charge in [-0.2, -0.15) is 0 Å². The van der Waals surface area contributed by atoms with E-state index in [0.29, 0.717) is 12.3 Å². The second kappa shape index (κ2) is 6.85. The van der Waals surface area contributed by atoms with Gasteiger partial charge in [0.05, 0.1) is 18.5 Å². The SMILES string of the molecule is CCN(CCOc1ccccc1N)Cc1ccco1. The van der Waals surface area contributed by atoms with Crippen LogP contribution in [0.4, 0.5) is 5.69 Å². The van der Waals surface area contributed by atoms with Crippen LogP contribution in [0.15, 0.2) is 47.1 Å². The second-order valence-electron chi connectivity index (χ2n) is 4.33. The molecule has 2 aromatic rings. The number of para-hydroxylation sites is 2. The van der Waals surface area contributed by atoms with Gasteiger partial charge in [0.25, 0.3) is 0 Å². The van der Waals surface area contributed by atoms with Crippen molar-refractivity contribution in [2.75, 3.05) is 25.4 Å². The van der Waals surface area contributed by atoms with E-state index in [-0.39, 0.29) is 0 Å². The molecule has 102 valence electrons. The van der Waals surface area contributed by atoms with Crippen molar-refractivity contribution in [2.24, 2.45) is 0 Å². The first-order chi connectivity index (χ1) is 9.29. The van der Waals surface area contributed by atoms with Gasteiger partial charge in [0.15, 0.2) is 0 Å². The summed E-state index contributed by atoms with van der Waals surface area (Å²) in [7, 11) is 0. The zero-order valence-corrected chi connectivity index (χ0v) is 11.2. The van der Waals surface area contributed by atoms with Gasteiger partial charge in [0.1, 0.15) is 18.1 Å². The smallest absolute Gasteiger partial charge is 0.142 e. The number of benzene rings is 1. The molecule has 0 fully saturated rings. The molecule has 1 heterocycles. The molecule has 0 saturated carbocycles. The summed E-state index contributed by atoms with van der Waals surface area (Å²) in [4.78, 5) is 2.26. The number of hydrogen-bond donors (Lipinski definition) is 1. The minimum atomic E-state index is 0.614. The van der Waals surface area contributed by atoms with Crippen LogP contribution in [-0.4, -0.2) is 24.6 Å². The number of rotatable bonds is 7. The Kier molecular flexibility index (Phi) is 4.86. The van der Waals surface area contributed by atoms with E-state index in [2.05, 4.69) is 11.8 Å². The van der Waals surface area contributed by atoms with Gasteiger partial charge in [-0.3, -0.25) is 4.90 Å². The third-order valence-electron chi connectivity index (χ3n) is 2.99. The summed E-state index contributed by atoms with van der Waals surface area (Å²) in [5.41, 5.74) is 6.50. The highest BCUT2D eigenvalue weighted by atomic mass is 16.5. The lowest BCUT2D eigenvalue weighted by Crippen LogP contribution is -2.27. The van der Waals surface area contributed by atoms with Crippen molar-refractivity contribution < 1.29 is 9.15 Å². The summed E-state index contributed by atoms with van der Waals surface area (Å²) in [6.07, 6.45) is 1.70. The lowest BCUT2D eigenvalue weighted by Gasteiger charge is -2.19. The number of anilines is 1. The predicted octanol–water partition coefficient (Wildman–Crippen LogP) is 2.76. The van der Waals surface area contributed by atoms with Crippen molar-refractivity contribution >= 4 is 5.69 Å². The molecule has 0 aliphatic carbocycles. The van der Waals surface area contributed by atoms with E-state index in [0.717, 1.165) is 31.1 Å². The fourth-order valence-electron chi connectivity index (χ4n) is 1.87. The lowest BCUT2D eigenvalue weighted by molar-refractivity contribution is 0.199. The molecule has 2 N–H and O–H groups in total. The predicted molar refractivity (Wildman–Crippen MR) is 76.0 cm³/mol. The van der Waals surface area contributed by atoms with Crippen LogP contribution in [0.3, 0.4) is 0 Å². The third kappa shape index (κ3) is 4.03. The maximum atomic E-state index is 5.83. The Labute approximate surface area is 113 Å². The van der Waals surface area contributed by atoms with Crippen molar-refractivity contribution in [3.63, 3.8) is 0 Å². The lowest BCUT2D eigenvalue weighted by atomic mass is 10.3. The quantitative estimate of drug-likeness (QED) is 0.778. The number of nitrogens with two attached hydrogens (primary N) is 1. The highest BCUT2D eigenvalue weighted by Gasteiger charge is 2.06. The molecule has 0 aliphatic rings. The van der Waals surface area contributed by atoms with Gasteiger partial charge in [-0.05, 0) is 30.8 Å². The van der Waals surface area contributed by atoms with Crippen molar-refractivity contribution in [1.29, 1.82) is 0 Å². The molecule has 1 aromatic heterocycles. The molecule has 19 heavy (non-hydrogen) atoms. The number of hydrogen-bond acceptors (Lipinski definition) is 4. The molecule has 0 bridgehead atoms. The molecule has 0 atom stereocenters. The Hall–Kier alpha value is -1.94. The van der Waals surface area contributed by atoms with E-state index in [1.807, 2.05) is 36.4 Å². The van der Waals surface area contributed by atoms with Crippen LogP contribution in [0.2, 0.25) is 0 Å². The van der Waals surface area contributed by atoms with Gasteiger partial charge in [-0.15, -0.1) is 0 Å². The largest absolute Gasteiger partial charge is 0.490 e. The average molecular weight is 260 g/mol. The standard InChI is InChI=1S/C15H20N2O2/c1-2-17(12-13-6-5-10-18-13)9-11-19-15-8-4-3-7-14(15)16/h3-8,10H,2,9,11-12,16H2,1H3. The fraction of sp³-hybridized carbons (Fsp3) is 0.333. The van der Waals surface area contributed by atoms with Crippen molar-refractivity contribution in [1.82, 2.24) is 4.90 Å². The van der Waals surface area contributed by atoms with Gasteiger partial charge in [0.2, 0.25) is 0 Å². The Morgan fingerprint density at radius 1 is 1.21 bits per heavy atom. The second-order valence-corrected chi connectivity index (χ2v) is 4.33. The van der Waals surface area contributed by atoms with E-state index < -0.39 is 0 Å². The molecule has 0 saturated heterocycles. The first-order valence-corrected chi connectivity index (χ1v) is 6.51. The molecule has 0 unspecified atom stereocenters. The fourth-order valence-corrected chi connectivity index (χ4v) is 1.87. The number of likely N-dealkylation sites (N-methyl/N-ethyl adjacent to an activating group) is 1. The zero-order chi connectivity index (χ0) is 13.5. The van der Waals surface area contributed by atoms with Crippen LogP contribution >= 0.6 is 0 Å². The average Bonchev–Trinajstić information content (AvgIpc) is 2.92. The molecule has 4 nitrogen and oxygen atoms in total. The highest BCUT2D eigenvalue weighted by Crippen LogP contribution is 2.19. The minimum absolute atomic E-state index is 0.614. The molecular weight excluding hydrogens is 240 g/mol. The zero-order valence-electron chi connectivity index (χ0n) is 11.2. The normalized spacial score (nSPS) is 10.8. The van der Waals surface area contributed by atoms with Crippen LogP contribution in [0, 0.1) is 0 Å². The number of ether oxygens (including phenoxy) is 1. The Morgan fingerprint density at radius 2 is 2.05 bits per heavy atom. The maximum Gasteiger partial charge on any atom is 0.142 e. The van der Waals surface area contributed by atoms with Crippen LogP contribution in [-0.2, 0) is 6.54 Å². The molecule has 2 rings (SSSR count). The highest BCUT2D eigenvalue weighted by molar-refractivity contribution is 5.51. The van der Waals surface area contributed by atoms with Crippen molar-refractivity contribution in [3.05, 3.63) is 48.4 Å². The van der Waals surface area contributed by atoms with E-state index in [1.54, 1.807) is 6.26 Å². The number of nitrogens with zero attached hydrogens (tertiary/aromatic N) is 1. The Balaban J connectivity index is 1.79. The first-order valence-electron chi connectivity index (χ1n) is 6.51. The van der Waals surface area contributed by atoms with E-state index >= 15 is 0 Å². The van der Waals surface area contributed by atoms with E-state index in [1.165, 1.54) is 0 Å². The summed E-state index contributed by atoms with van der Waals surface area (Å²) >= 11 is 0. The molecule has 0 spiro atoms. The Morgan fingerprint density at radius 3 is 2.74 bits per heavy atom. The van der Waals surface area contributed by atoms with Crippen LogP contribution in [0.25, 0.3) is 0 Å². The van der Waals surface area contributed by atoms with Gasteiger partial charge < -0.3 is 14.9 Å². The van der Waals surface area contributed by atoms with Crippen LogP contribution < -0.4 is 10.5 Å². The maximum absolute atomic E-state index is 5.83. The molecule has 0 radical (unpaired) electrons. The van der Waals surface area contributed by atoms with Gasteiger partial charge in [0, 0.05) is 6.54 Å². The van der Waals surface area contributed by atoms with Gasteiger partial charge >= 0.3 is 0 Å². The minimum Gasteiger partial charge on any atom is -0.490 e. The molecular formula is C15H20N2O2. The van der Waals surface area contributed by atoms with Gasteiger partial charge in [-0.25, -0.2) is 0 Å². The molecule has 1 aromatic carbocycles. The van der Waals surface area contributed by atoms with Crippen LogP contribution in [0.5, 0.6) is 5.75 Å². The van der Waals surface area contributed by atoms with E-state index in [9.17, 15) is 0 Å². The summed E-state index contributed by atoms with van der Waals surface area (Å²) in [6, 6.07) is 11.4. The summed E-state index contributed by atoms with van der Waals surface area (Å²) < 4.78 is 11.0. The van der Waals surface area contributed by atoms with Gasteiger partial charge in [-0.1, -0.05) is 19.1 Å². The Bertz CT molecular complexity index is 483. The summed E-state index contributed by atoms with van der Waals surface area (Å²) in [6.45, 7) is 5.33. The molecule has 4 heteroatoms. The van der Waals surface area contributed by atoms with Crippen molar-refractivity contribution in [2.45, 2.75) is 13.5 Å². The monoisotopic (exact) mass is 260 g/mol. The summed E-state index contributed by atoms with van der Waals surface area (Å²) in [5, 5.41) is 0. The first kappa shape index (κ1) is 13.5. The molecule has 0 aliphatic heterocycles. The van der Waals surface area contributed by atoms with E-state index in [4.69, 9.17) is 14.9 Å². The van der Waals surface area contributed by atoms with Crippen molar-refractivity contribution in [3.8, 4) is 5.75 Å². The summed E-state index contributed by atoms with van der Waals surface area (Å²) in [5.74, 6) is 1.72. The van der Waals surface area contributed by atoms with Crippen LogP contribution in [0.1, 0.15) is 12.7 Å². The number of furan rings is 1. The topological polar surface area (TPSA) is 51.6 Å².